The molecular formula is C6H5KO5S2. The molecule has 0 unspecified atom stereocenters. The Morgan fingerprint density at radius 2 is 2.07 bits per heavy atom. The summed E-state index contributed by atoms with van der Waals surface area (Å²) in [5.74, 6) is -1.40. The molecule has 1 N–H and O–H groups in total. The molecule has 0 aliphatic heterocycles. The first-order valence-electron chi connectivity index (χ1n) is 3.12. The number of carbonyl (C=O) groups is 1. The minimum atomic E-state index is -4.68. The number of aryl methyl sites for hydroxylation is 1. The summed E-state index contributed by atoms with van der Waals surface area (Å²) < 4.78 is 31.7. The Hall–Kier alpha value is 0.716. The van der Waals surface area contributed by atoms with Crippen molar-refractivity contribution in [1.82, 2.24) is 0 Å². The van der Waals surface area contributed by atoms with E-state index < -0.39 is 25.9 Å². The van der Waals surface area contributed by atoms with E-state index in [1.807, 2.05) is 0 Å². The maximum atomic E-state index is 10.6. The molecule has 0 amide bonds. The molecular weight excluding hydrogens is 255 g/mol. The van der Waals surface area contributed by atoms with Gasteiger partial charge < -0.3 is 9.66 Å². The maximum Gasteiger partial charge on any atom is 1.00 e. The van der Waals surface area contributed by atoms with Gasteiger partial charge in [-0.2, -0.15) is 0 Å². The quantitative estimate of drug-likeness (QED) is 0.475. The first-order chi connectivity index (χ1) is 5.82. The molecule has 8 heteroatoms. The first-order valence-corrected chi connectivity index (χ1v) is 5.34. The van der Waals surface area contributed by atoms with Crippen molar-refractivity contribution in [3.8, 4) is 0 Å². The molecule has 1 rings (SSSR count). The van der Waals surface area contributed by atoms with Crippen molar-refractivity contribution in [2.75, 3.05) is 0 Å². The van der Waals surface area contributed by atoms with E-state index >= 15 is 0 Å². The Labute approximate surface area is 127 Å². The Balaban J connectivity index is 0.00000169. The average molecular weight is 260 g/mol. The molecule has 0 saturated carbocycles. The molecule has 5 nitrogen and oxygen atoms in total. The Bertz CT molecular complexity index is 447. The second-order valence-corrected chi connectivity index (χ2v) is 4.91. The van der Waals surface area contributed by atoms with Crippen LogP contribution in [-0.4, -0.2) is 24.0 Å². The van der Waals surface area contributed by atoms with Crippen molar-refractivity contribution < 1.29 is 74.3 Å². The van der Waals surface area contributed by atoms with Crippen LogP contribution in [0.1, 0.15) is 14.5 Å². The molecule has 72 valence electrons. The predicted octanol–water partition coefficient (Wildman–Crippen LogP) is -2.34. The van der Waals surface area contributed by atoms with Crippen molar-refractivity contribution >= 4 is 27.4 Å². The van der Waals surface area contributed by atoms with Crippen LogP contribution >= 0.6 is 11.3 Å². The number of hydrogen-bond donors (Lipinski definition) is 1. The van der Waals surface area contributed by atoms with Crippen molar-refractivity contribution in [2.45, 2.75) is 11.8 Å². The van der Waals surface area contributed by atoms with Gasteiger partial charge in [0.15, 0.2) is 0 Å². The van der Waals surface area contributed by atoms with E-state index in [9.17, 15) is 17.8 Å². The van der Waals surface area contributed by atoms with Crippen molar-refractivity contribution in [3.63, 3.8) is 0 Å². The topological polar surface area (TPSA) is 94.5 Å². The van der Waals surface area contributed by atoms with E-state index in [0.29, 0.717) is 4.88 Å². The molecule has 0 bridgehead atoms. The van der Waals surface area contributed by atoms with Gasteiger partial charge in [-0.15, -0.1) is 11.3 Å². The number of rotatable bonds is 2. The molecule has 0 aliphatic rings. The van der Waals surface area contributed by atoms with E-state index in [-0.39, 0.29) is 51.4 Å². The van der Waals surface area contributed by atoms with Crippen molar-refractivity contribution in [2.24, 2.45) is 0 Å². The van der Waals surface area contributed by atoms with Gasteiger partial charge in [0, 0.05) is 4.88 Å². The van der Waals surface area contributed by atoms with Crippen LogP contribution in [0.2, 0.25) is 0 Å². The van der Waals surface area contributed by atoms with Crippen molar-refractivity contribution in [3.05, 3.63) is 15.8 Å². The van der Waals surface area contributed by atoms with Crippen LogP contribution in [0, 0.1) is 6.92 Å². The van der Waals surface area contributed by atoms with Crippen LogP contribution in [0.15, 0.2) is 11.0 Å². The first kappa shape index (κ1) is 14.7. The third kappa shape index (κ3) is 3.38. The zero-order valence-corrected chi connectivity index (χ0v) is 12.2. The maximum absolute atomic E-state index is 10.6. The summed E-state index contributed by atoms with van der Waals surface area (Å²) in [6.45, 7) is 1.53. The molecule has 0 aromatic carbocycles. The van der Waals surface area contributed by atoms with Gasteiger partial charge in [-0.3, -0.25) is 0 Å². The van der Waals surface area contributed by atoms with Crippen LogP contribution in [0.5, 0.6) is 0 Å². The summed E-state index contributed by atoms with van der Waals surface area (Å²) in [6, 6.07) is 1.07. The summed E-state index contributed by atoms with van der Waals surface area (Å²) in [5.41, 5.74) is 0. The molecule has 0 spiro atoms. The van der Waals surface area contributed by atoms with E-state index in [1.165, 1.54) is 6.92 Å². The molecule has 0 radical (unpaired) electrons. The number of hydrogen-bond acceptors (Lipinski definition) is 5. The van der Waals surface area contributed by atoms with Gasteiger partial charge in [0.05, 0.1) is 4.90 Å². The number of carboxylic acid groups (broad SMARTS) is 1. The summed E-state index contributed by atoms with van der Waals surface area (Å²) >= 11 is 0.771. The number of aromatic carboxylic acids is 1. The van der Waals surface area contributed by atoms with Crippen LogP contribution in [0.4, 0.5) is 0 Å². The standard InChI is InChI=1S/C6H6O5S2.K/c1-3-2-4(13(9,10)11)5(12-3)6(7)8;/h2H,1H3,(H,7,8)(H,9,10,11);/q;+1/p-1. The fourth-order valence-electron chi connectivity index (χ4n) is 0.826. The van der Waals surface area contributed by atoms with E-state index in [0.717, 1.165) is 17.4 Å². The van der Waals surface area contributed by atoms with Crippen LogP contribution in [0.3, 0.4) is 0 Å². The molecule has 0 aliphatic carbocycles. The molecule has 1 aromatic rings. The fraction of sp³-hybridized carbons (Fsp3) is 0.167. The third-order valence-electron chi connectivity index (χ3n) is 1.28. The van der Waals surface area contributed by atoms with Crippen molar-refractivity contribution in [1.29, 1.82) is 0 Å². The third-order valence-corrected chi connectivity index (χ3v) is 3.31. The molecule has 14 heavy (non-hydrogen) atoms. The molecule has 0 fully saturated rings. The molecule has 1 heterocycles. The van der Waals surface area contributed by atoms with Gasteiger partial charge in [0.1, 0.15) is 15.0 Å². The fourth-order valence-corrected chi connectivity index (χ4v) is 2.71. The van der Waals surface area contributed by atoms with Gasteiger partial charge in [-0.25, -0.2) is 13.2 Å². The summed E-state index contributed by atoms with van der Waals surface area (Å²) in [4.78, 5) is 9.89. The van der Waals surface area contributed by atoms with Crippen LogP contribution < -0.4 is 51.4 Å². The molecule has 1 aromatic heterocycles. The zero-order chi connectivity index (χ0) is 10.2. The molecule has 0 atom stereocenters. The normalized spacial score (nSPS) is 10.7. The minimum Gasteiger partial charge on any atom is -0.744 e. The minimum absolute atomic E-state index is 0. The van der Waals surface area contributed by atoms with Crippen LogP contribution in [0.25, 0.3) is 0 Å². The average Bonchev–Trinajstić information content (AvgIpc) is 2.29. The second-order valence-electron chi connectivity index (χ2n) is 2.31. The Morgan fingerprint density at radius 3 is 2.36 bits per heavy atom. The monoisotopic (exact) mass is 260 g/mol. The SMILES string of the molecule is Cc1cc(S(=O)(=O)[O-])c(C(=O)O)s1.[K+]. The smallest absolute Gasteiger partial charge is 0.744 e. The van der Waals surface area contributed by atoms with Gasteiger partial charge in [0.2, 0.25) is 0 Å². The number of thiophene rings is 1. The van der Waals surface area contributed by atoms with E-state index in [4.69, 9.17) is 5.11 Å². The van der Waals surface area contributed by atoms with Gasteiger partial charge in [-0.05, 0) is 13.0 Å². The second kappa shape index (κ2) is 5.17. The van der Waals surface area contributed by atoms with E-state index in [2.05, 4.69) is 0 Å². The Kier molecular flexibility index (Phi) is 5.43. The summed E-state index contributed by atoms with van der Waals surface area (Å²) in [7, 11) is -4.68. The van der Waals surface area contributed by atoms with Gasteiger partial charge >= 0.3 is 57.4 Å². The zero-order valence-electron chi connectivity index (χ0n) is 7.47. The predicted molar refractivity (Wildman–Crippen MR) is 44.0 cm³/mol. The Morgan fingerprint density at radius 1 is 1.57 bits per heavy atom. The summed E-state index contributed by atoms with van der Waals surface area (Å²) in [5, 5.41) is 8.55. The van der Waals surface area contributed by atoms with Crippen LogP contribution in [-0.2, 0) is 10.1 Å². The molecule has 0 saturated heterocycles. The number of carboxylic acids is 1. The van der Waals surface area contributed by atoms with Gasteiger partial charge in [-0.1, -0.05) is 0 Å². The van der Waals surface area contributed by atoms with Gasteiger partial charge in [0.25, 0.3) is 0 Å². The summed E-state index contributed by atoms with van der Waals surface area (Å²) in [6.07, 6.45) is 0. The largest absolute Gasteiger partial charge is 1.00 e. The van der Waals surface area contributed by atoms with E-state index in [1.54, 1.807) is 0 Å².